The van der Waals surface area contributed by atoms with E-state index in [1.165, 1.54) is 11.1 Å². The maximum absolute atomic E-state index is 5.98. The van der Waals surface area contributed by atoms with E-state index < -0.39 is 0 Å². The van der Waals surface area contributed by atoms with Crippen molar-refractivity contribution in [3.63, 3.8) is 0 Å². The van der Waals surface area contributed by atoms with Crippen molar-refractivity contribution in [3.05, 3.63) is 77.6 Å². The molecule has 0 aliphatic heterocycles. The molecule has 3 nitrogen and oxygen atoms in total. The van der Waals surface area contributed by atoms with Crippen LogP contribution in [-0.4, -0.2) is 9.97 Å². The van der Waals surface area contributed by atoms with Gasteiger partial charge in [-0.05, 0) is 17.5 Å². The summed E-state index contributed by atoms with van der Waals surface area (Å²) in [5, 5.41) is 0. The number of nitrogen functional groups attached to an aromatic ring is 1. The predicted molar refractivity (Wildman–Crippen MR) is 83.9 cm³/mol. The summed E-state index contributed by atoms with van der Waals surface area (Å²) < 4.78 is 0. The Morgan fingerprint density at radius 3 is 2.48 bits per heavy atom. The van der Waals surface area contributed by atoms with Crippen molar-refractivity contribution < 1.29 is 0 Å². The average molecular weight is 273 g/mol. The Kier molecular flexibility index (Phi) is 2.71. The lowest BCUT2D eigenvalue weighted by atomic mass is 9.77. The van der Waals surface area contributed by atoms with E-state index in [0.717, 1.165) is 23.5 Å². The lowest BCUT2D eigenvalue weighted by Gasteiger charge is -2.29. The molecule has 0 bridgehead atoms. The Balaban J connectivity index is 1.77. The molecule has 102 valence electrons. The molecular formula is C18H15N3. The second-order valence-corrected chi connectivity index (χ2v) is 5.36. The molecule has 0 radical (unpaired) electrons. The molecule has 1 aromatic heterocycles. The van der Waals surface area contributed by atoms with Gasteiger partial charge in [0, 0.05) is 17.5 Å². The average Bonchev–Trinajstić information content (AvgIpc) is 2.49. The van der Waals surface area contributed by atoms with Crippen molar-refractivity contribution in [2.75, 3.05) is 5.73 Å². The second-order valence-electron chi connectivity index (χ2n) is 5.36. The minimum absolute atomic E-state index is 0.271. The quantitative estimate of drug-likeness (QED) is 0.778. The third kappa shape index (κ3) is 2.07. The zero-order valence-electron chi connectivity index (χ0n) is 11.5. The summed E-state index contributed by atoms with van der Waals surface area (Å²) in [7, 11) is 0. The minimum Gasteiger partial charge on any atom is -0.384 e. The van der Waals surface area contributed by atoms with Gasteiger partial charge in [-0.2, -0.15) is 0 Å². The van der Waals surface area contributed by atoms with Gasteiger partial charge in [-0.25, -0.2) is 9.97 Å². The highest BCUT2D eigenvalue weighted by Gasteiger charge is 2.29. The van der Waals surface area contributed by atoms with Crippen LogP contribution in [0.1, 0.15) is 22.9 Å². The number of hydrogen-bond acceptors (Lipinski definition) is 3. The Hall–Kier alpha value is -2.68. The Bertz CT molecular complexity index is 797. The topological polar surface area (TPSA) is 51.8 Å². The van der Waals surface area contributed by atoms with Crippen molar-refractivity contribution in [1.29, 1.82) is 0 Å². The molecule has 2 aromatic carbocycles. The second kappa shape index (κ2) is 4.70. The Morgan fingerprint density at radius 2 is 1.67 bits per heavy atom. The van der Waals surface area contributed by atoms with Gasteiger partial charge in [0.15, 0.2) is 0 Å². The van der Waals surface area contributed by atoms with Crippen molar-refractivity contribution >= 4 is 5.82 Å². The SMILES string of the molecule is Nc1cc(-c2ccccc2)nc(C2Cc3ccccc32)n1. The highest BCUT2D eigenvalue weighted by atomic mass is 15.0. The largest absolute Gasteiger partial charge is 0.384 e. The van der Waals surface area contributed by atoms with Gasteiger partial charge in [0.25, 0.3) is 0 Å². The molecule has 0 spiro atoms. The van der Waals surface area contributed by atoms with Gasteiger partial charge in [-0.1, -0.05) is 54.6 Å². The molecular weight excluding hydrogens is 258 g/mol. The summed E-state index contributed by atoms with van der Waals surface area (Å²) in [6, 6.07) is 20.4. The number of rotatable bonds is 2. The molecule has 1 heterocycles. The Labute approximate surface area is 123 Å². The van der Waals surface area contributed by atoms with E-state index in [0.29, 0.717) is 5.82 Å². The first-order valence-electron chi connectivity index (χ1n) is 7.09. The summed E-state index contributed by atoms with van der Waals surface area (Å²) in [6.07, 6.45) is 0.994. The fraction of sp³-hybridized carbons (Fsp3) is 0.111. The molecule has 0 amide bonds. The van der Waals surface area contributed by atoms with Crippen LogP contribution in [0.15, 0.2) is 60.7 Å². The predicted octanol–water partition coefficient (Wildman–Crippen LogP) is 3.41. The van der Waals surface area contributed by atoms with Crippen molar-refractivity contribution in [3.8, 4) is 11.3 Å². The summed E-state index contributed by atoms with van der Waals surface area (Å²) in [5.41, 5.74) is 10.6. The first kappa shape index (κ1) is 12.1. The maximum Gasteiger partial charge on any atom is 0.139 e. The summed E-state index contributed by atoms with van der Waals surface area (Å²) in [4.78, 5) is 9.18. The molecule has 1 unspecified atom stereocenters. The van der Waals surface area contributed by atoms with E-state index >= 15 is 0 Å². The zero-order chi connectivity index (χ0) is 14.2. The number of aromatic nitrogens is 2. The van der Waals surface area contributed by atoms with Gasteiger partial charge in [0.2, 0.25) is 0 Å². The van der Waals surface area contributed by atoms with Crippen LogP contribution in [0.4, 0.5) is 5.82 Å². The van der Waals surface area contributed by atoms with E-state index in [4.69, 9.17) is 10.7 Å². The number of anilines is 1. The summed E-state index contributed by atoms with van der Waals surface area (Å²) >= 11 is 0. The maximum atomic E-state index is 5.98. The van der Waals surface area contributed by atoms with Crippen LogP contribution < -0.4 is 5.73 Å². The van der Waals surface area contributed by atoms with Crippen LogP contribution in [0.3, 0.4) is 0 Å². The van der Waals surface area contributed by atoms with E-state index in [2.05, 4.69) is 29.2 Å². The number of hydrogen-bond donors (Lipinski definition) is 1. The minimum atomic E-state index is 0.271. The molecule has 1 atom stereocenters. The lowest BCUT2D eigenvalue weighted by molar-refractivity contribution is 0.662. The number of nitrogens with zero attached hydrogens (tertiary/aromatic N) is 2. The van der Waals surface area contributed by atoms with Crippen LogP contribution >= 0.6 is 0 Å². The zero-order valence-corrected chi connectivity index (χ0v) is 11.5. The van der Waals surface area contributed by atoms with Crippen LogP contribution in [0, 0.1) is 0 Å². The van der Waals surface area contributed by atoms with Crippen molar-refractivity contribution in [1.82, 2.24) is 9.97 Å². The van der Waals surface area contributed by atoms with Crippen molar-refractivity contribution in [2.45, 2.75) is 12.3 Å². The third-order valence-corrected chi connectivity index (χ3v) is 4.00. The Morgan fingerprint density at radius 1 is 0.905 bits per heavy atom. The fourth-order valence-electron chi connectivity index (χ4n) is 2.89. The molecule has 1 aliphatic rings. The fourth-order valence-corrected chi connectivity index (χ4v) is 2.89. The first-order valence-corrected chi connectivity index (χ1v) is 7.09. The monoisotopic (exact) mass is 273 g/mol. The van der Waals surface area contributed by atoms with E-state index in [-0.39, 0.29) is 5.92 Å². The van der Waals surface area contributed by atoms with Gasteiger partial charge < -0.3 is 5.73 Å². The molecule has 4 rings (SSSR count). The number of fused-ring (bicyclic) bond motifs is 1. The normalized spacial score (nSPS) is 16.1. The number of benzene rings is 2. The van der Waals surface area contributed by atoms with Gasteiger partial charge in [-0.15, -0.1) is 0 Å². The molecule has 2 N–H and O–H groups in total. The van der Waals surface area contributed by atoms with Crippen LogP contribution in [0.5, 0.6) is 0 Å². The smallest absolute Gasteiger partial charge is 0.139 e. The highest BCUT2D eigenvalue weighted by Crippen LogP contribution is 2.39. The molecule has 0 fully saturated rings. The van der Waals surface area contributed by atoms with Gasteiger partial charge >= 0.3 is 0 Å². The van der Waals surface area contributed by atoms with E-state index in [9.17, 15) is 0 Å². The molecule has 1 aliphatic carbocycles. The van der Waals surface area contributed by atoms with Gasteiger partial charge in [0.1, 0.15) is 11.6 Å². The molecule has 21 heavy (non-hydrogen) atoms. The van der Waals surface area contributed by atoms with Gasteiger partial charge in [0.05, 0.1) is 5.69 Å². The standard InChI is InChI=1S/C18H15N3/c19-17-11-16(12-6-2-1-3-7-12)20-18(21-17)15-10-13-8-4-5-9-14(13)15/h1-9,11,15H,10H2,(H2,19,20,21). The molecule has 0 saturated heterocycles. The van der Waals surface area contributed by atoms with E-state index in [1.807, 2.05) is 36.4 Å². The summed E-state index contributed by atoms with van der Waals surface area (Å²) in [5.74, 6) is 1.63. The van der Waals surface area contributed by atoms with Gasteiger partial charge in [-0.3, -0.25) is 0 Å². The van der Waals surface area contributed by atoms with Crippen LogP contribution in [0.25, 0.3) is 11.3 Å². The van der Waals surface area contributed by atoms with E-state index in [1.54, 1.807) is 0 Å². The first-order chi connectivity index (χ1) is 10.3. The highest BCUT2D eigenvalue weighted by molar-refractivity contribution is 5.62. The van der Waals surface area contributed by atoms with Crippen molar-refractivity contribution in [2.24, 2.45) is 0 Å². The summed E-state index contributed by atoms with van der Waals surface area (Å²) in [6.45, 7) is 0. The molecule has 0 saturated carbocycles. The number of nitrogens with two attached hydrogens (primary N) is 1. The molecule has 3 heteroatoms. The van der Waals surface area contributed by atoms with Crippen LogP contribution in [0.2, 0.25) is 0 Å². The molecule has 3 aromatic rings. The lowest BCUT2D eigenvalue weighted by Crippen LogP contribution is -2.21. The van der Waals surface area contributed by atoms with Crippen LogP contribution in [-0.2, 0) is 6.42 Å². The third-order valence-electron chi connectivity index (χ3n) is 4.00.